The van der Waals surface area contributed by atoms with E-state index in [4.69, 9.17) is 0 Å². The number of carbonyl (C=O) groups excluding carboxylic acids is 1. The average Bonchev–Trinajstić information content (AvgIpc) is 2.38. The van der Waals surface area contributed by atoms with E-state index >= 15 is 0 Å². The summed E-state index contributed by atoms with van der Waals surface area (Å²) in [6.45, 7) is 3.44. The smallest absolute Gasteiger partial charge is 0.311 e. The number of hydrogen-bond donors (Lipinski definition) is 1. The molecular formula is C16H16O3. The normalized spacial score (nSPS) is 25.8. The number of allylic oxidation sites excluding steroid dienone is 3. The summed E-state index contributed by atoms with van der Waals surface area (Å²) in [7, 11) is 0. The van der Waals surface area contributed by atoms with Crippen LogP contribution in [0.3, 0.4) is 0 Å². The molecule has 1 N–H and O–H groups in total. The van der Waals surface area contributed by atoms with Crippen LogP contribution in [-0.2, 0) is 4.79 Å². The molecule has 3 heteroatoms. The Balaban J connectivity index is 2.47. The quantitative estimate of drug-likeness (QED) is 0.845. The molecule has 1 aliphatic carbocycles. The highest BCUT2D eigenvalue weighted by Gasteiger charge is 2.45. The van der Waals surface area contributed by atoms with Gasteiger partial charge in [0.2, 0.25) is 0 Å². The van der Waals surface area contributed by atoms with Gasteiger partial charge >= 0.3 is 5.97 Å². The maximum Gasteiger partial charge on any atom is 0.311 e. The Morgan fingerprint density at radius 2 is 1.84 bits per heavy atom. The standard InChI is InChI=1S/C16H16O3/c1-11-7-6-10-16(2,13(11)15(18)19)14(17)12-8-4-3-5-9-12/h3-10,13H,1-2H3,(H,18,19). The average molecular weight is 256 g/mol. The van der Waals surface area contributed by atoms with Crippen LogP contribution in [0.1, 0.15) is 24.2 Å². The van der Waals surface area contributed by atoms with E-state index in [0.29, 0.717) is 11.1 Å². The molecule has 0 saturated heterocycles. The number of hydrogen-bond acceptors (Lipinski definition) is 2. The summed E-state index contributed by atoms with van der Waals surface area (Å²) in [5.41, 5.74) is 0.198. The fourth-order valence-corrected chi connectivity index (χ4v) is 2.62. The highest BCUT2D eigenvalue weighted by molar-refractivity contribution is 6.04. The van der Waals surface area contributed by atoms with Crippen LogP contribution in [0.15, 0.2) is 54.1 Å². The topological polar surface area (TPSA) is 54.4 Å². The van der Waals surface area contributed by atoms with Gasteiger partial charge in [-0.15, -0.1) is 0 Å². The second kappa shape index (κ2) is 4.84. The van der Waals surface area contributed by atoms with Crippen LogP contribution in [0.25, 0.3) is 0 Å². The summed E-state index contributed by atoms with van der Waals surface area (Å²) in [6, 6.07) is 8.82. The van der Waals surface area contributed by atoms with Gasteiger partial charge in [0.05, 0.1) is 11.3 Å². The molecular weight excluding hydrogens is 240 g/mol. The molecule has 0 fully saturated rings. The molecule has 0 heterocycles. The van der Waals surface area contributed by atoms with E-state index in [9.17, 15) is 14.7 Å². The van der Waals surface area contributed by atoms with Gasteiger partial charge in [-0.1, -0.05) is 54.1 Å². The Morgan fingerprint density at radius 3 is 2.42 bits per heavy atom. The van der Waals surface area contributed by atoms with E-state index in [0.717, 1.165) is 0 Å². The van der Waals surface area contributed by atoms with Crippen molar-refractivity contribution < 1.29 is 14.7 Å². The Kier molecular flexibility index (Phi) is 3.38. The summed E-state index contributed by atoms with van der Waals surface area (Å²) in [5.74, 6) is -1.95. The van der Waals surface area contributed by atoms with E-state index < -0.39 is 17.3 Å². The zero-order chi connectivity index (χ0) is 14.0. The van der Waals surface area contributed by atoms with Gasteiger partial charge in [-0.05, 0) is 13.8 Å². The van der Waals surface area contributed by atoms with Crippen molar-refractivity contribution in [3.05, 3.63) is 59.7 Å². The molecule has 1 aromatic rings. The lowest BCUT2D eigenvalue weighted by Gasteiger charge is -2.33. The summed E-state index contributed by atoms with van der Waals surface area (Å²) in [6.07, 6.45) is 5.20. The summed E-state index contributed by atoms with van der Waals surface area (Å²) in [4.78, 5) is 24.1. The number of carboxylic acid groups (broad SMARTS) is 1. The third-order valence-corrected chi connectivity index (χ3v) is 3.63. The third kappa shape index (κ3) is 2.24. The zero-order valence-corrected chi connectivity index (χ0v) is 11.0. The minimum atomic E-state index is -1.04. The Hall–Kier alpha value is -2.16. The monoisotopic (exact) mass is 256 g/mol. The molecule has 2 unspecified atom stereocenters. The van der Waals surface area contributed by atoms with Crippen molar-refractivity contribution in [1.82, 2.24) is 0 Å². The fraction of sp³-hybridized carbons (Fsp3) is 0.250. The van der Waals surface area contributed by atoms with Gasteiger partial charge in [0.1, 0.15) is 0 Å². The number of carbonyl (C=O) groups is 2. The van der Waals surface area contributed by atoms with Crippen molar-refractivity contribution in [3.63, 3.8) is 0 Å². The maximum atomic E-state index is 12.6. The van der Waals surface area contributed by atoms with Gasteiger partial charge in [0, 0.05) is 5.56 Å². The van der Waals surface area contributed by atoms with Gasteiger partial charge in [0.15, 0.2) is 5.78 Å². The molecule has 0 spiro atoms. The number of ketones is 1. The highest BCUT2D eigenvalue weighted by atomic mass is 16.4. The molecule has 19 heavy (non-hydrogen) atoms. The Labute approximate surface area is 112 Å². The molecule has 0 bridgehead atoms. The van der Waals surface area contributed by atoms with Crippen molar-refractivity contribution in [2.75, 3.05) is 0 Å². The van der Waals surface area contributed by atoms with Crippen LogP contribution >= 0.6 is 0 Å². The number of carboxylic acids is 1. The number of aliphatic carboxylic acids is 1. The van der Waals surface area contributed by atoms with Gasteiger partial charge < -0.3 is 5.11 Å². The lowest BCUT2D eigenvalue weighted by atomic mass is 9.67. The minimum Gasteiger partial charge on any atom is -0.481 e. The van der Waals surface area contributed by atoms with Gasteiger partial charge in [-0.3, -0.25) is 9.59 Å². The van der Waals surface area contributed by atoms with Crippen molar-refractivity contribution in [2.24, 2.45) is 11.3 Å². The molecule has 1 aromatic carbocycles. The summed E-state index contributed by atoms with van der Waals surface area (Å²) >= 11 is 0. The molecule has 98 valence electrons. The first-order valence-corrected chi connectivity index (χ1v) is 6.15. The van der Waals surface area contributed by atoms with Crippen molar-refractivity contribution in [3.8, 4) is 0 Å². The molecule has 1 aliphatic rings. The first-order chi connectivity index (χ1) is 8.97. The van der Waals surface area contributed by atoms with Crippen molar-refractivity contribution in [2.45, 2.75) is 13.8 Å². The number of benzene rings is 1. The lowest BCUT2D eigenvalue weighted by Crippen LogP contribution is -2.40. The van der Waals surface area contributed by atoms with Crippen LogP contribution in [0.4, 0.5) is 0 Å². The highest BCUT2D eigenvalue weighted by Crippen LogP contribution is 2.40. The van der Waals surface area contributed by atoms with Crippen molar-refractivity contribution in [1.29, 1.82) is 0 Å². The largest absolute Gasteiger partial charge is 0.481 e. The first kappa shape index (κ1) is 13.3. The predicted molar refractivity (Wildman–Crippen MR) is 72.9 cm³/mol. The molecule has 0 radical (unpaired) electrons. The zero-order valence-electron chi connectivity index (χ0n) is 11.0. The Morgan fingerprint density at radius 1 is 1.21 bits per heavy atom. The van der Waals surface area contributed by atoms with Crippen LogP contribution < -0.4 is 0 Å². The number of Topliss-reactive ketones (excluding diaryl/α,β-unsaturated/α-hetero) is 1. The molecule has 0 aliphatic heterocycles. The van der Waals surface area contributed by atoms with E-state index in [1.165, 1.54) is 0 Å². The SMILES string of the molecule is CC1=CC=CC(C)(C(=O)c2ccccc2)C1C(=O)O. The first-order valence-electron chi connectivity index (χ1n) is 6.15. The summed E-state index contributed by atoms with van der Waals surface area (Å²) in [5, 5.41) is 9.41. The maximum absolute atomic E-state index is 12.6. The molecule has 0 aromatic heterocycles. The third-order valence-electron chi connectivity index (χ3n) is 3.63. The lowest BCUT2D eigenvalue weighted by molar-refractivity contribution is -0.142. The molecule has 0 amide bonds. The molecule has 2 atom stereocenters. The van der Waals surface area contributed by atoms with Crippen LogP contribution in [0.5, 0.6) is 0 Å². The van der Waals surface area contributed by atoms with Crippen molar-refractivity contribution >= 4 is 11.8 Å². The fourth-order valence-electron chi connectivity index (χ4n) is 2.62. The second-order valence-corrected chi connectivity index (χ2v) is 5.02. The van der Waals surface area contributed by atoms with Crippen LogP contribution in [0, 0.1) is 11.3 Å². The van der Waals surface area contributed by atoms with E-state index in [-0.39, 0.29) is 5.78 Å². The van der Waals surface area contributed by atoms with Crippen LogP contribution in [-0.4, -0.2) is 16.9 Å². The van der Waals surface area contributed by atoms with E-state index in [1.54, 1.807) is 56.3 Å². The van der Waals surface area contributed by atoms with Gasteiger partial charge in [-0.25, -0.2) is 0 Å². The molecule has 2 rings (SSSR count). The Bertz CT molecular complexity index is 569. The van der Waals surface area contributed by atoms with Gasteiger partial charge in [-0.2, -0.15) is 0 Å². The predicted octanol–water partition coefficient (Wildman–Crippen LogP) is 3.09. The van der Waals surface area contributed by atoms with Crippen LogP contribution in [0.2, 0.25) is 0 Å². The van der Waals surface area contributed by atoms with E-state index in [2.05, 4.69) is 0 Å². The molecule has 0 saturated carbocycles. The van der Waals surface area contributed by atoms with Gasteiger partial charge in [0.25, 0.3) is 0 Å². The second-order valence-electron chi connectivity index (χ2n) is 5.02. The minimum absolute atomic E-state index is 0.163. The number of rotatable bonds is 3. The summed E-state index contributed by atoms with van der Waals surface area (Å²) < 4.78 is 0. The molecule has 3 nitrogen and oxygen atoms in total. The van der Waals surface area contributed by atoms with E-state index in [1.807, 2.05) is 6.07 Å².